The fourth-order valence-corrected chi connectivity index (χ4v) is 3.08. The second-order valence-corrected chi connectivity index (χ2v) is 5.96. The zero-order chi connectivity index (χ0) is 12.2. The Balaban J connectivity index is 2.80. The fourth-order valence-electron chi connectivity index (χ4n) is 2.10. The van der Waals surface area contributed by atoms with E-state index in [1.165, 1.54) is 0 Å². The zero-order valence-corrected chi connectivity index (χ0v) is 9.90. The van der Waals surface area contributed by atoms with E-state index in [1.807, 2.05) is 0 Å². The summed E-state index contributed by atoms with van der Waals surface area (Å²) in [5.41, 5.74) is 4.67. The molecule has 0 radical (unpaired) electrons. The highest BCUT2D eigenvalue weighted by atomic mass is 32.2. The van der Waals surface area contributed by atoms with E-state index in [1.54, 1.807) is 0 Å². The van der Waals surface area contributed by atoms with E-state index >= 15 is 0 Å². The number of hydrogen-bond acceptors (Lipinski definition) is 3. The van der Waals surface area contributed by atoms with Gasteiger partial charge in [0.1, 0.15) is 0 Å². The summed E-state index contributed by atoms with van der Waals surface area (Å²) in [6.45, 7) is 0.0684. The van der Waals surface area contributed by atoms with E-state index < -0.39 is 21.3 Å². The Morgan fingerprint density at radius 3 is 2.06 bits per heavy atom. The van der Waals surface area contributed by atoms with Crippen LogP contribution in [-0.4, -0.2) is 26.3 Å². The van der Waals surface area contributed by atoms with Gasteiger partial charge >= 0.3 is 5.76 Å². The van der Waals surface area contributed by atoms with Crippen molar-refractivity contribution in [2.75, 3.05) is 6.54 Å². The molecule has 1 aliphatic rings. The molecule has 0 spiro atoms. The highest BCUT2D eigenvalue weighted by Crippen LogP contribution is 2.27. The summed E-state index contributed by atoms with van der Waals surface area (Å²) in [6, 6.07) is 0. The van der Waals surface area contributed by atoms with Gasteiger partial charge in [-0.2, -0.15) is 8.78 Å². The highest BCUT2D eigenvalue weighted by molar-refractivity contribution is 7.89. The van der Waals surface area contributed by atoms with Crippen LogP contribution >= 0.6 is 0 Å². The normalized spacial score (nSPS) is 22.0. The summed E-state index contributed by atoms with van der Waals surface area (Å²) in [5, 5.41) is 0. The van der Waals surface area contributed by atoms with Crippen molar-refractivity contribution in [1.82, 2.24) is 4.72 Å². The summed E-state index contributed by atoms with van der Waals surface area (Å²) in [4.78, 5) is 0. The molecule has 0 amide bonds. The molecular weight excluding hydrogens is 238 g/mol. The minimum absolute atomic E-state index is 0.0684. The lowest BCUT2D eigenvalue weighted by molar-refractivity contribution is 0.225. The first kappa shape index (κ1) is 13.8. The average Bonchev–Trinajstić information content (AvgIpc) is 2.43. The molecule has 96 valence electrons. The van der Waals surface area contributed by atoms with Crippen LogP contribution in [0.25, 0.3) is 0 Å². The SMILES string of the molecule is NCC1(NS(=O)(=O)C(F)F)CCCCCC1. The fraction of sp³-hybridized carbons (Fsp3) is 1.00. The molecule has 0 aliphatic heterocycles. The van der Waals surface area contributed by atoms with E-state index in [0.29, 0.717) is 12.8 Å². The molecule has 0 unspecified atom stereocenters. The molecule has 0 aromatic rings. The van der Waals surface area contributed by atoms with Crippen LogP contribution in [0.5, 0.6) is 0 Å². The highest BCUT2D eigenvalue weighted by Gasteiger charge is 2.37. The van der Waals surface area contributed by atoms with Crippen LogP contribution < -0.4 is 10.5 Å². The van der Waals surface area contributed by atoms with E-state index in [0.717, 1.165) is 25.7 Å². The van der Waals surface area contributed by atoms with Gasteiger partial charge < -0.3 is 5.73 Å². The molecule has 16 heavy (non-hydrogen) atoms. The lowest BCUT2D eigenvalue weighted by Crippen LogP contribution is -2.54. The predicted molar refractivity (Wildman–Crippen MR) is 57.5 cm³/mol. The van der Waals surface area contributed by atoms with Gasteiger partial charge in [0, 0.05) is 12.1 Å². The number of hydrogen-bond donors (Lipinski definition) is 2. The molecule has 1 saturated carbocycles. The number of nitrogens with one attached hydrogen (secondary N) is 1. The van der Waals surface area contributed by atoms with Crippen LogP contribution in [-0.2, 0) is 10.0 Å². The lowest BCUT2D eigenvalue weighted by Gasteiger charge is -2.31. The van der Waals surface area contributed by atoms with Gasteiger partial charge in [-0.15, -0.1) is 0 Å². The van der Waals surface area contributed by atoms with Crippen LogP contribution in [0.15, 0.2) is 0 Å². The Kier molecular flexibility index (Phi) is 4.63. The molecule has 1 aliphatic carbocycles. The lowest BCUT2D eigenvalue weighted by atomic mass is 9.92. The summed E-state index contributed by atoms with van der Waals surface area (Å²) < 4.78 is 49.0. The van der Waals surface area contributed by atoms with Crippen LogP contribution in [0, 0.1) is 0 Å². The first-order valence-electron chi connectivity index (χ1n) is 5.43. The summed E-state index contributed by atoms with van der Waals surface area (Å²) in [7, 11) is -4.55. The summed E-state index contributed by atoms with van der Waals surface area (Å²) in [5.74, 6) is -3.39. The maximum atomic E-state index is 12.3. The monoisotopic (exact) mass is 256 g/mol. The van der Waals surface area contributed by atoms with Crippen molar-refractivity contribution in [3.05, 3.63) is 0 Å². The second kappa shape index (κ2) is 5.37. The second-order valence-electron chi connectivity index (χ2n) is 4.31. The van der Waals surface area contributed by atoms with E-state index in [-0.39, 0.29) is 6.54 Å². The smallest absolute Gasteiger partial charge is 0.329 e. The maximum Gasteiger partial charge on any atom is 0.350 e. The van der Waals surface area contributed by atoms with E-state index in [4.69, 9.17) is 5.73 Å². The average molecular weight is 256 g/mol. The molecule has 4 nitrogen and oxygen atoms in total. The number of nitrogens with two attached hydrogens (primary N) is 1. The molecule has 0 aromatic heterocycles. The van der Waals surface area contributed by atoms with Crippen molar-refractivity contribution in [1.29, 1.82) is 0 Å². The quantitative estimate of drug-likeness (QED) is 0.742. The van der Waals surface area contributed by atoms with Crippen LogP contribution in [0.2, 0.25) is 0 Å². The van der Waals surface area contributed by atoms with Gasteiger partial charge in [0.2, 0.25) is 0 Å². The zero-order valence-electron chi connectivity index (χ0n) is 9.09. The van der Waals surface area contributed by atoms with Crippen molar-refractivity contribution in [3.63, 3.8) is 0 Å². The van der Waals surface area contributed by atoms with Gasteiger partial charge in [0.25, 0.3) is 10.0 Å². The summed E-state index contributed by atoms with van der Waals surface area (Å²) >= 11 is 0. The molecule has 0 aromatic carbocycles. The van der Waals surface area contributed by atoms with Gasteiger partial charge in [0.05, 0.1) is 0 Å². The molecular formula is C9H18F2N2O2S. The van der Waals surface area contributed by atoms with Gasteiger partial charge in [-0.25, -0.2) is 13.1 Å². The standard InChI is InChI=1S/C9H18F2N2O2S/c10-8(11)16(14,15)13-9(7-12)5-3-1-2-4-6-9/h8,13H,1-7,12H2. The Morgan fingerprint density at radius 1 is 1.19 bits per heavy atom. The Morgan fingerprint density at radius 2 is 1.69 bits per heavy atom. The summed E-state index contributed by atoms with van der Waals surface area (Å²) in [6.07, 6.45) is 4.72. The predicted octanol–water partition coefficient (Wildman–Crippen LogP) is 1.18. The topological polar surface area (TPSA) is 72.2 Å². The Hall–Kier alpha value is -0.270. The van der Waals surface area contributed by atoms with Gasteiger partial charge in [-0.05, 0) is 12.8 Å². The molecule has 0 bridgehead atoms. The van der Waals surface area contributed by atoms with Gasteiger partial charge in [-0.1, -0.05) is 25.7 Å². The number of halogens is 2. The van der Waals surface area contributed by atoms with Crippen molar-refractivity contribution >= 4 is 10.0 Å². The Bertz CT molecular complexity index is 311. The van der Waals surface area contributed by atoms with Crippen molar-refractivity contribution in [2.45, 2.75) is 49.8 Å². The third kappa shape index (κ3) is 3.36. The third-order valence-electron chi connectivity index (χ3n) is 3.04. The van der Waals surface area contributed by atoms with Crippen LogP contribution in [0.4, 0.5) is 8.78 Å². The largest absolute Gasteiger partial charge is 0.350 e. The number of sulfonamides is 1. The minimum atomic E-state index is -4.55. The van der Waals surface area contributed by atoms with Gasteiger partial charge in [0.15, 0.2) is 0 Å². The van der Waals surface area contributed by atoms with Crippen LogP contribution in [0.1, 0.15) is 38.5 Å². The molecule has 0 heterocycles. The molecule has 1 fully saturated rings. The van der Waals surface area contributed by atoms with Crippen molar-refractivity contribution in [3.8, 4) is 0 Å². The first-order chi connectivity index (χ1) is 7.42. The van der Waals surface area contributed by atoms with E-state index in [9.17, 15) is 17.2 Å². The maximum absolute atomic E-state index is 12.3. The molecule has 0 atom stereocenters. The molecule has 1 rings (SSSR count). The third-order valence-corrected chi connectivity index (χ3v) is 4.23. The van der Waals surface area contributed by atoms with Crippen molar-refractivity contribution < 1.29 is 17.2 Å². The van der Waals surface area contributed by atoms with Crippen LogP contribution in [0.3, 0.4) is 0 Å². The Labute approximate surface area is 94.6 Å². The van der Waals surface area contributed by atoms with E-state index in [2.05, 4.69) is 4.72 Å². The number of rotatable bonds is 4. The first-order valence-corrected chi connectivity index (χ1v) is 6.97. The molecule has 0 saturated heterocycles. The number of alkyl halides is 2. The van der Waals surface area contributed by atoms with Gasteiger partial charge in [-0.3, -0.25) is 0 Å². The minimum Gasteiger partial charge on any atom is -0.329 e. The molecule has 7 heteroatoms. The molecule has 3 N–H and O–H groups in total. The van der Waals surface area contributed by atoms with Crippen molar-refractivity contribution in [2.24, 2.45) is 5.73 Å².